The van der Waals surface area contributed by atoms with Crippen LogP contribution in [0.3, 0.4) is 0 Å². The monoisotopic (exact) mass is 693 g/mol. The van der Waals surface area contributed by atoms with Crippen molar-refractivity contribution in [2.75, 3.05) is 0 Å². The van der Waals surface area contributed by atoms with Crippen molar-refractivity contribution >= 4 is 52.6 Å². The largest absolute Gasteiger partial charge is 0.505 e. The first-order valence-electron chi connectivity index (χ1n) is 16.9. The van der Waals surface area contributed by atoms with Gasteiger partial charge in [-0.05, 0) is 79.3 Å². The van der Waals surface area contributed by atoms with E-state index in [9.17, 15) is 19.5 Å². The van der Waals surface area contributed by atoms with Gasteiger partial charge in [0, 0.05) is 32.7 Å². The summed E-state index contributed by atoms with van der Waals surface area (Å²) in [4.78, 5) is 44.2. The van der Waals surface area contributed by atoms with Crippen LogP contribution in [0, 0.1) is 0 Å². The van der Waals surface area contributed by atoms with E-state index >= 15 is 0 Å². The minimum absolute atomic E-state index is 0.179. The third-order valence-corrected chi connectivity index (χ3v) is 11.1. The minimum atomic E-state index is -0.476. The molecule has 1 N–H and O–H groups in total. The fourth-order valence-corrected chi connectivity index (χ4v) is 8.23. The molecule has 2 aliphatic rings. The Bertz CT molecular complexity index is 1950. The lowest BCUT2D eigenvalue weighted by Crippen LogP contribution is -2.39. The van der Waals surface area contributed by atoms with Gasteiger partial charge in [0.1, 0.15) is 0 Å². The van der Waals surface area contributed by atoms with Crippen molar-refractivity contribution < 1.29 is 23.9 Å². The van der Waals surface area contributed by atoms with Crippen molar-refractivity contribution in [1.82, 2.24) is 4.90 Å². The Kier molecular flexibility index (Phi) is 10.8. The van der Waals surface area contributed by atoms with E-state index in [1.54, 1.807) is 42.7 Å². The van der Waals surface area contributed by atoms with E-state index < -0.39 is 11.7 Å². The number of aryl methyl sites for hydroxylation is 1. The number of fused-ring (bicyclic) bond motifs is 2. The molecule has 10 heteroatoms. The molecule has 252 valence electrons. The highest BCUT2D eigenvalue weighted by Gasteiger charge is 2.42. The molecule has 3 aromatic carbocycles. The van der Waals surface area contributed by atoms with Crippen LogP contribution < -0.4 is 0 Å². The highest BCUT2D eigenvalue weighted by Crippen LogP contribution is 2.42. The number of amides is 2. The van der Waals surface area contributed by atoms with Crippen LogP contribution in [0.25, 0.3) is 5.76 Å². The normalized spacial score (nSPS) is 14.2. The maximum Gasteiger partial charge on any atom is 0.264 e. The Morgan fingerprint density at radius 2 is 1.59 bits per heavy atom. The second-order valence-electron chi connectivity index (χ2n) is 12.1. The summed E-state index contributed by atoms with van der Waals surface area (Å²) in [5.74, 6) is -0.862. The molecule has 0 radical (unpaired) electrons. The quantitative estimate of drug-likeness (QED) is 0.0570. The summed E-state index contributed by atoms with van der Waals surface area (Å²) in [6, 6.07) is 20.4. The molecule has 8 nitrogen and oxygen atoms in total. The maximum atomic E-state index is 14.0. The van der Waals surface area contributed by atoms with Crippen LogP contribution in [0.4, 0.5) is 5.69 Å². The van der Waals surface area contributed by atoms with E-state index in [1.807, 2.05) is 26.0 Å². The molecule has 1 aliphatic heterocycles. The van der Waals surface area contributed by atoms with E-state index in [0.717, 1.165) is 17.7 Å². The second kappa shape index (κ2) is 15.4. The van der Waals surface area contributed by atoms with Crippen LogP contribution in [0.1, 0.15) is 107 Å². The summed E-state index contributed by atoms with van der Waals surface area (Å²) in [6.07, 6.45) is 8.57. The topological polar surface area (TPSA) is 113 Å². The first-order chi connectivity index (χ1) is 23.9. The first kappa shape index (κ1) is 34.5. The third kappa shape index (κ3) is 7.03. The molecule has 0 spiro atoms. The zero-order valence-corrected chi connectivity index (χ0v) is 29.5. The molecule has 2 amide bonds. The van der Waals surface area contributed by atoms with Crippen LogP contribution in [0.2, 0.25) is 0 Å². The van der Waals surface area contributed by atoms with Crippen molar-refractivity contribution in [1.29, 1.82) is 0 Å². The number of furan rings is 1. The molecule has 2 heterocycles. The molecule has 1 aliphatic carbocycles. The number of benzene rings is 3. The van der Waals surface area contributed by atoms with Gasteiger partial charge in [0.2, 0.25) is 5.78 Å². The van der Waals surface area contributed by atoms with Crippen LogP contribution in [0.15, 0.2) is 108 Å². The number of unbranched alkanes of at least 4 members (excludes halogenated alkanes) is 3. The van der Waals surface area contributed by atoms with Crippen LogP contribution in [0.5, 0.6) is 0 Å². The summed E-state index contributed by atoms with van der Waals surface area (Å²) < 4.78 is 5.40. The predicted octanol–water partition coefficient (Wildman–Crippen LogP) is 10.8. The Morgan fingerprint density at radius 3 is 2.33 bits per heavy atom. The fraction of sp³-hybridized carbons (Fsp3) is 0.308. The average molecular weight is 694 g/mol. The molecular weight excluding hydrogens is 655 g/mol. The number of hydrogen-bond acceptors (Lipinski definition) is 9. The number of azo groups is 1. The van der Waals surface area contributed by atoms with Crippen molar-refractivity contribution in [3.05, 3.63) is 112 Å². The van der Waals surface area contributed by atoms with Crippen molar-refractivity contribution in [3.63, 3.8) is 0 Å². The SMILES string of the molecule is CCCCCCc1ccccc1CSc1ccc(N=NC2=C(O)c3ccc(Sc4ccco4)cc3C2=O)c2c1C(=O)N(C(CC)CC)C2=O. The third-order valence-electron chi connectivity index (χ3n) is 9.02. The zero-order chi connectivity index (χ0) is 34.5. The number of aliphatic hydroxyl groups is 1. The van der Waals surface area contributed by atoms with Gasteiger partial charge in [-0.15, -0.1) is 22.0 Å². The van der Waals surface area contributed by atoms with Crippen LogP contribution in [-0.2, 0) is 12.2 Å². The zero-order valence-electron chi connectivity index (χ0n) is 27.9. The van der Waals surface area contributed by atoms with E-state index in [4.69, 9.17) is 4.42 Å². The molecule has 49 heavy (non-hydrogen) atoms. The maximum absolute atomic E-state index is 14.0. The number of hydrogen-bond donors (Lipinski definition) is 1. The van der Waals surface area contributed by atoms with E-state index in [0.29, 0.717) is 45.3 Å². The standard InChI is InChI=1S/C39H39N3O5S2/c1-4-7-8-9-13-24-14-10-11-15-25(24)23-48-31-20-19-30(33-34(31)39(46)42(38(33)45)26(5-2)6-3)40-41-35-36(43)28-18-17-27(22-29(28)37(35)44)49-32-16-12-21-47-32/h10-12,14-22,26,43H,4-9,13,23H2,1-3H3. The Hall–Kier alpha value is -4.41. The number of Topliss-reactive ketones (excluding diaryl/α,β-unsaturated/α-hetero) is 1. The van der Waals surface area contributed by atoms with Crippen molar-refractivity contribution in [2.24, 2.45) is 10.2 Å². The van der Waals surface area contributed by atoms with Crippen molar-refractivity contribution in [2.45, 2.75) is 92.4 Å². The number of nitrogens with zero attached hydrogens (tertiary/aromatic N) is 3. The Labute approximate surface area is 295 Å². The average Bonchev–Trinajstić information content (AvgIpc) is 3.79. The lowest BCUT2D eigenvalue weighted by molar-refractivity contribution is 0.0574. The lowest BCUT2D eigenvalue weighted by atomic mass is 10.0. The van der Waals surface area contributed by atoms with Gasteiger partial charge in [0.15, 0.2) is 16.5 Å². The number of allylic oxidation sites excluding steroid dienone is 1. The number of ketones is 1. The molecule has 4 aromatic rings. The molecule has 0 saturated carbocycles. The molecule has 0 saturated heterocycles. The number of thioether (sulfide) groups is 1. The summed E-state index contributed by atoms with van der Waals surface area (Å²) in [5, 5.41) is 20.2. The van der Waals surface area contributed by atoms with E-state index in [1.165, 1.54) is 58.8 Å². The molecular formula is C39H39N3O5S2. The summed E-state index contributed by atoms with van der Waals surface area (Å²) in [6.45, 7) is 6.13. The number of rotatable bonds is 15. The molecule has 6 rings (SSSR count). The highest BCUT2D eigenvalue weighted by atomic mass is 32.2. The smallest absolute Gasteiger partial charge is 0.264 e. The van der Waals surface area contributed by atoms with Gasteiger partial charge in [-0.2, -0.15) is 0 Å². The Balaban J connectivity index is 1.29. The predicted molar refractivity (Wildman–Crippen MR) is 193 cm³/mol. The second-order valence-corrected chi connectivity index (χ2v) is 14.2. The highest BCUT2D eigenvalue weighted by molar-refractivity contribution is 7.99. The fourth-order valence-electron chi connectivity index (χ4n) is 6.34. The molecule has 1 aromatic heterocycles. The number of carbonyl (C=O) groups excluding carboxylic acids is 3. The summed E-state index contributed by atoms with van der Waals surface area (Å²) in [7, 11) is 0. The summed E-state index contributed by atoms with van der Waals surface area (Å²) in [5.41, 5.74) is 3.63. The van der Waals surface area contributed by atoms with Gasteiger partial charge in [0.25, 0.3) is 11.8 Å². The van der Waals surface area contributed by atoms with Gasteiger partial charge in [-0.1, -0.05) is 76.1 Å². The molecule has 0 atom stereocenters. The van der Waals surface area contributed by atoms with Gasteiger partial charge >= 0.3 is 0 Å². The van der Waals surface area contributed by atoms with Crippen molar-refractivity contribution in [3.8, 4) is 0 Å². The van der Waals surface area contributed by atoms with Gasteiger partial charge < -0.3 is 9.52 Å². The first-order valence-corrected chi connectivity index (χ1v) is 18.7. The van der Waals surface area contributed by atoms with E-state index in [2.05, 4.69) is 35.4 Å². The lowest BCUT2D eigenvalue weighted by Gasteiger charge is -2.23. The molecule has 0 bridgehead atoms. The van der Waals surface area contributed by atoms with Crippen LogP contribution in [-0.4, -0.2) is 33.6 Å². The van der Waals surface area contributed by atoms with Gasteiger partial charge in [-0.3, -0.25) is 19.3 Å². The Morgan fingerprint density at radius 1 is 0.816 bits per heavy atom. The van der Waals surface area contributed by atoms with Gasteiger partial charge in [-0.25, -0.2) is 0 Å². The van der Waals surface area contributed by atoms with Gasteiger partial charge in [0.05, 0.1) is 23.1 Å². The summed E-state index contributed by atoms with van der Waals surface area (Å²) >= 11 is 2.89. The molecule has 0 fully saturated rings. The van der Waals surface area contributed by atoms with Crippen LogP contribution >= 0.6 is 23.5 Å². The minimum Gasteiger partial charge on any atom is -0.505 e. The van der Waals surface area contributed by atoms with E-state index in [-0.39, 0.29) is 34.7 Å². The number of imide groups is 1. The number of carbonyl (C=O) groups is 3. The number of aliphatic hydroxyl groups excluding tert-OH is 1. The molecule has 0 unspecified atom stereocenters.